The number of hydrogen-bond acceptors (Lipinski definition) is 6. The maximum Gasteiger partial charge on any atom is 0.306 e. The first-order valence-corrected chi connectivity index (χ1v) is 10.1. The molecule has 1 aromatic carbocycles. The molecule has 150 valence electrons. The topological polar surface area (TPSA) is 88.6 Å². The van der Waals surface area contributed by atoms with Crippen molar-refractivity contribution in [1.29, 1.82) is 0 Å². The first-order valence-electron chi connectivity index (χ1n) is 9.17. The Morgan fingerprint density at radius 3 is 2.54 bits per heavy atom. The molecule has 0 fully saturated rings. The van der Waals surface area contributed by atoms with Crippen LogP contribution in [0.3, 0.4) is 0 Å². The fraction of sp³-hybridized carbons (Fsp3) is 0.400. The maximum atomic E-state index is 12.0. The van der Waals surface area contributed by atoms with Crippen molar-refractivity contribution in [2.75, 3.05) is 11.4 Å². The van der Waals surface area contributed by atoms with Crippen molar-refractivity contribution < 1.29 is 19.1 Å². The number of unbranched alkanes of at least 4 members (excludes halogenated alkanes) is 2. The Labute approximate surface area is 168 Å². The number of anilines is 2. The summed E-state index contributed by atoms with van der Waals surface area (Å²) in [6.45, 7) is 3.68. The molecule has 7 nitrogen and oxygen atoms in total. The zero-order chi connectivity index (χ0) is 20.4. The van der Waals surface area contributed by atoms with Gasteiger partial charge >= 0.3 is 5.97 Å². The molecule has 0 unspecified atom stereocenters. The largest absolute Gasteiger partial charge is 0.459 e. The molecule has 0 aliphatic heterocycles. The summed E-state index contributed by atoms with van der Waals surface area (Å²) in [5.41, 5.74) is 1.35. The normalized spacial score (nSPS) is 10.4. The molecule has 0 saturated heterocycles. The van der Waals surface area contributed by atoms with Gasteiger partial charge in [-0.1, -0.05) is 24.6 Å². The molecule has 2 aromatic rings. The highest BCUT2D eigenvalue weighted by Gasteiger charge is 2.18. The average Bonchev–Trinajstić information content (AvgIpc) is 3.11. The van der Waals surface area contributed by atoms with E-state index in [4.69, 9.17) is 4.74 Å². The van der Waals surface area contributed by atoms with E-state index in [0.717, 1.165) is 18.5 Å². The minimum Gasteiger partial charge on any atom is -0.459 e. The summed E-state index contributed by atoms with van der Waals surface area (Å²) >= 11 is 1.33. The molecule has 0 bridgehead atoms. The molecule has 2 rings (SSSR count). The zero-order valence-electron chi connectivity index (χ0n) is 16.1. The van der Waals surface area contributed by atoms with E-state index in [1.165, 1.54) is 30.1 Å². The highest BCUT2D eigenvalue weighted by atomic mass is 32.1. The summed E-state index contributed by atoms with van der Waals surface area (Å²) in [5, 5.41) is 5.05. The minimum absolute atomic E-state index is 0.0438. The molecule has 0 saturated carbocycles. The molecule has 0 spiro atoms. The molecule has 2 amide bonds. The van der Waals surface area contributed by atoms with Gasteiger partial charge in [0, 0.05) is 32.2 Å². The van der Waals surface area contributed by atoms with Crippen LogP contribution in [0, 0.1) is 0 Å². The van der Waals surface area contributed by atoms with Crippen molar-refractivity contribution in [3.8, 4) is 0 Å². The Hall–Kier alpha value is -2.74. The van der Waals surface area contributed by atoms with Gasteiger partial charge < -0.3 is 10.1 Å². The molecule has 8 heteroatoms. The van der Waals surface area contributed by atoms with E-state index in [9.17, 15) is 14.4 Å². The standard InChI is InChI=1S/C20H25N3O4S/c1-15(24)21-12-8-4-7-11-19(26)27-13-17-14-28-20(22-17)23(16(2)25)18-9-5-3-6-10-18/h3,5-6,9-10,14H,4,7-8,11-13H2,1-2H3,(H,21,24). The average molecular weight is 404 g/mol. The smallest absolute Gasteiger partial charge is 0.306 e. The number of ether oxygens (including phenoxy) is 1. The van der Waals surface area contributed by atoms with E-state index in [1.54, 1.807) is 5.38 Å². The van der Waals surface area contributed by atoms with Crippen LogP contribution in [0.2, 0.25) is 0 Å². The molecular formula is C20H25N3O4S. The van der Waals surface area contributed by atoms with Gasteiger partial charge in [0.15, 0.2) is 5.13 Å². The molecule has 1 heterocycles. The summed E-state index contributed by atoms with van der Waals surface area (Å²) in [4.78, 5) is 40.6. The summed E-state index contributed by atoms with van der Waals surface area (Å²) in [5.74, 6) is -0.457. The van der Waals surface area contributed by atoms with E-state index in [1.807, 2.05) is 30.3 Å². The van der Waals surface area contributed by atoms with Crippen LogP contribution in [-0.2, 0) is 25.7 Å². The van der Waals surface area contributed by atoms with Gasteiger partial charge in [-0.3, -0.25) is 19.3 Å². The molecule has 0 aliphatic carbocycles. The molecular weight excluding hydrogens is 378 g/mol. The van der Waals surface area contributed by atoms with Gasteiger partial charge in [0.1, 0.15) is 6.61 Å². The predicted octanol–water partition coefficient (Wildman–Crippen LogP) is 3.57. The van der Waals surface area contributed by atoms with Crippen molar-refractivity contribution in [1.82, 2.24) is 10.3 Å². The maximum absolute atomic E-state index is 12.0. The molecule has 1 aromatic heterocycles. The molecule has 0 atom stereocenters. The molecule has 1 N–H and O–H groups in total. The lowest BCUT2D eigenvalue weighted by Crippen LogP contribution is -2.22. The number of aromatic nitrogens is 1. The Bertz CT molecular complexity index is 792. The number of amides is 2. The van der Waals surface area contributed by atoms with Crippen molar-refractivity contribution in [3.63, 3.8) is 0 Å². The number of para-hydroxylation sites is 1. The fourth-order valence-electron chi connectivity index (χ4n) is 2.53. The number of esters is 1. The lowest BCUT2D eigenvalue weighted by Gasteiger charge is -2.17. The van der Waals surface area contributed by atoms with Crippen LogP contribution in [0.25, 0.3) is 0 Å². The monoisotopic (exact) mass is 403 g/mol. The van der Waals surface area contributed by atoms with Crippen LogP contribution >= 0.6 is 11.3 Å². The van der Waals surface area contributed by atoms with Gasteiger partial charge in [-0.15, -0.1) is 11.3 Å². The third-order valence-corrected chi connectivity index (χ3v) is 4.75. The number of rotatable bonds is 10. The van der Waals surface area contributed by atoms with Crippen molar-refractivity contribution in [2.45, 2.75) is 46.1 Å². The molecule has 0 radical (unpaired) electrons. The Balaban J connectivity index is 1.78. The second kappa shape index (κ2) is 11.2. The van der Waals surface area contributed by atoms with Crippen molar-refractivity contribution in [3.05, 3.63) is 41.4 Å². The second-order valence-corrected chi connectivity index (χ2v) is 7.10. The summed E-state index contributed by atoms with van der Waals surface area (Å²) < 4.78 is 5.26. The van der Waals surface area contributed by atoms with Gasteiger partial charge in [0.05, 0.1) is 11.4 Å². The van der Waals surface area contributed by atoms with E-state index in [2.05, 4.69) is 10.3 Å². The van der Waals surface area contributed by atoms with Crippen LogP contribution < -0.4 is 10.2 Å². The second-order valence-electron chi connectivity index (χ2n) is 6.27. The number of nitrogens with zero attached hydrogens (tertiary/aromatic N) is 2. The Morgan fingerprint density at radius 1 is 1.11 bits per heavy atom. The van der Waals surface area contributed by atoms with Gasteiger partial charge in [0.2, 0.25) is 11.8 Å². The van der Waals surface area contributed by atoms with Crippen LogP contribution in [0.1, 0.15) is 45.2 Å². The van der Waals surface area contributed by atoms with Crippen LogP contribution in [-0.4, -0.2) is 29.3 Å². The third-order valence-electron chi connectivity index (χ3n) is 3.87. The van der Waals surface area contributed by atoms with Crippen LogP contribution in [0.4, 0.5) is 10.8 Å². The number of hydrogen-bond donors (Lipinski definition) is 1. The fourth-order valence-corrected chi connectivity index (χ4v) is 3.40. The first kappa shape index (κ1) is 21.6. The van der Waals surface area contributed by atoms with E-state index in [0.29, 0.717) is 30.2 Å². The number of carbonyl (C=O) groups is 3. The van der Waals surface area contributed by atoms with Crippen molar-refractivity contribution in [2.24, 2.45) is 0 Å². The molecule has 28 heavy (non-hydrogen) atoms. The minimum atomic E-state index is -0.277. The first-order chi connectivity index (χ1) is 13.5. The number of carbonyl (C=O) groups excluding carboxylic acids is 3. The van der Waals surface area contributed by atoms with Crippen molar-refractivity contribution >= 4 is 39.9 Å². The summed E-state index contributed by atoms with van der Waals surface area (Å²) in [7, 11) is 0. The van der Waals surface area contributed by atoms with Gasteiger partial charge in [-0.2, -0.15) is 0 Å². The lowest BCUT2D eigenvalue weighted by molar-refractivity contribution is -0.145. The predicted molar refractivity (Wildman–Crippen MR) is 108 cm³/mol. The Morgan fingerprint density at radius 2 is 1.86 bits per heavy atom. The summed E-state index contributed by atoms with van der Waals surface area (Å²) in [6.07, 6.45) is 2.73. The highest BCUT2D eigenvalue weighted by molar-refractivity contribution is 7.14. The quantitative estimate of drug-likeness (QED) is 0.484. The van der Waals surface area contributed by atoms with Crippen LogP contribution in [0.5, 0.6) is 0 Å². The van der Waals surface area contributed by atoms with E-state index in [-0.39, 0.29) is 24.4 Å². The van der Waals surface area contributed by atoms with Crippen LogP contribution in [0.15, 0.2) is 35.7 Å². The van der Waals surface area contributed by atoms with Gasteiger partial charge in [0.25, 0.3) is 0 Å². The SMILES string of the molecule is CC(=O)NCCCCCC(=O)OCc1csc(N(C(C)=O)c2ccccc2)n1. The molecule has 0 aliphatic rings. The zero-order valence-corrected chi connectivity index (χ0v) is 17.0. The summed E-state index contributed by atoms with van der Waals surface area (Å²) in [6, 6.07) is 9.28. The third kappa shape index (κ3) is 7.11. The number of benzene rings is 1. The highest BCUT2D eigenvalue weighted by Crippen LogP contribution is 2.28. The number of nitrogens with one attached hydrogen (secondary N) is 1. The van der Waals surface area contributed by atoms with Gasteiger partial charge in [-0.05, 0) is 25.0 Å². The van der Waals surface area contributed by atoms with Gasteiger partial charge in [-0.25, -0.2) is 4.98 Å². The Kier molecular flexibility index (Phi) is 8.61. The lowest BCUT2D eigenvalue weighted by atomic mass is 10.2. The van der Waals surface area contributed by atoms with E-state index < -0.39 is 0 Å². The number of thiazole rings is 1. The van der Waals surface area contributed by atoms with E-state index >= 15 is 0 Å².